The summed E-state index contributed by atoms with van der Waals surface area (Å²) in [6.07, 6.45) is -0.969. The number of hydrogen-bond acceptors (Lipinski definition) is 4. The Hall–Kier alpha value is -0.820. The normalized spacial score (nSPS) is 13.7. The Morgan fingerprint density at radius 3 is 2.56 bits per heavy atom. The first-order valence-electron chi connectivity index (χ1n) is 3.89. The standard InChI is InChI=1S/C7H7F2O5PS/c8-5-1-2-6(9)7(3-5)16(12,13)14-4-15(10)11/h1-3,15H,4H2,(H,10,11). The van der Waals surface area contributed by atoms with Gasteiger partial charge in [0.15, 0.2) is 0 Å². The maximum atomic E-state index is 13.0. The molecule has 1 N–H and O–H groups in total. The predicted molar refractivity (Wildman–Crippen MR) is 50.7 cm³/mol. The van der Waals surface area contributed by atoms with Gasteiger partial charge in [-0.25, -0.2) is 8.78 Å². The molecule has 0 aliphatic rings. The van der Waals surface area contributed by atoms with Crippen LogP contribution in [0.1, 0.15) is 0 Å². The second-order valence-electron chi connectivity index (χ2n) is 2.68. The summed E-state index contributed by atoms with van der Waals surface area (Å²) in [4.78, 5) is 7.37. The van der Waals surface area contributed by atoms with Crippen molar-refractivity contribution in [3.05, 3.63) is 29.8 Å². The van der Waals surface area contributed by atoms with E-state index < -0.39 is 41.0 Å². The molecule has 1 aromatic rings. The van der Waals surface area contributed by atoms with E-state index in [9.17, 15) is 21.8 Å². The Morgan fingerprint density at radius 1 is 1.38 bits per heavy atom. The van der Waals surface area contributed by atoms with Crippen LogP contribution in [0, 0.1) is 11.6 Å². The number of benzene rings is 1. The number of halogens is 2. The van der Waals surface area contributed by atoms with Crippen molar-refractivity contribution >= 4 is 18.1 Å². The fourth-order valence-corrected chi connectivity index (χ4v) is 2.57. The largest absolute Gasteiger partial charge is 0.345 e. The third-order valence-electron chi connectivity index (χ3n) is 1.50. The lowest BCUT2D eigenvalue weighted by molar-refractivity contribution is 0.352. The van der Waals surface area contributed by atoms with Gasteiger partial charge in [-0.2, -0.15) is 8.42 Å². The van der Waals surface area contributed by atoms with Crippen molar-refractivity contribution in [3.8, 4) is 0 Å². The fourth-order valence-electron chi connectivity index (χ4n) is 0.860. The Kier molecular flexibility index (Phi) is 4.15. The van der Waals surface area contributed by atoms with E-state index in [-0.39, 0.29) is 0 Å². The molecule has 0 heterocycles. The van der Waals surface area contributed by atoms with Crippen LogP contribution in [0.4, 0.5) is 8.78 Å². The Labute approximate surface area is 90.7 Å². The molecular formula is C7H7F2O5PS. The molecule has 9 heteroatoms. The van der Waals surface area contributed by atoms with Crippen molar-refractivity contribution in [1.82, 2.24) is 0 Å². The van der Waals surface area contributed by atoms with E-state index in [1.54, 1.807) is 0 Å². The molecule has 0 saturated carbocycles. The Balaban J connectivity index is 3.07. The molecular weight excluding hydrogens is 265 g/mol. The number of hydrogen-bond donors (Lipinski definition) is 1. The maximum Gasteiger partial charge on any atom is 0.300 e. The van der Waals surface area contributed by atoms with Crippen LogP contribution in [0.5, 0.6) is 0 Å². The van der Waals surface area contributed by atoms with Gasteiger partial charge in [-0.15, -0.1) is 0 Å². The van der Waals surface area contributed by atoms with Gasteiger partial charge in [0.1, 0.15) is 22.9 Å². The molecule has 0 saturated heterocycles. The van der Waals surface area contributed by atoms with Crippen LogP contribution in [0.15, 0.2) is 23.1 Å². The molecule has 0 fully saturated rings. The van der Waals surface area contributed by atoms with Gasteiger partial charge in [0.05, 0.1) is 0 Å². The van der Waals surface area contributed by atoms with Crippen LogP contribution < -0.4 is 0 Å². The summed E-state index contributed by atoms with van der Waals surface area (Å²) < 4.78 is 62.5. The van der Waals surface area contributed by atoms with Crippen molar-refractivity contribution in [1.29, 1.82) is 0 Å². The summed E-state index contributed by atoms with van der Waals surface area (Å²) in [6, 6.07) is 1.79. The van der Waals surface area contributed by atoms with Gasteiger partial charge >= 0.3 is 10.1 Å². The molecule has 0 amide bonds. The molecule has 1 unspecified atom stereocenters. The molecule has 0 radical (unpaired) electrons. The van der Waals surface area contributed by atoms with Gasteiger partial charge in [-0.3, -0.25) is 8.75 Å². The van der Waals surface area contributed by atoms with Crippen molar-refractivity contribution in [3.63, 3.8) is 0 Å². The first-order valence-corrected chi connectivity index (χ1v) is 6.86. The molecule has 0 aliphatic heterocycles. The summed E-state index contributed by atoms with van der Waals surface area (Å²) in [5, 5.41) is 0. The average Bonchev–Trinajstić information content (AvgIpc) is 2.19. The van der Waals surface area contributed by atoms with Crippen LogP contribution in [0.2, 0.25) is 0 Å². The smallest absolute Gasteiger partial charge is 0.300 e. The van der Waals surface area contributed by atoms with Gasteiger partial charge in [0.25, 0.3) is 0 Å². The highest BCUT2D eigenvalue weighted by atomic mass is 32.2. The Bertz CT molecular complexity index is 516. The van der Waals surface area contributed by atoms with Crippen molar-refractivity contribution < 1.29 is 30.8 Å². The van der Waals surface area contributed by atoms with E-state index in [1.807, 2.05) is 0 Å². The van der Waals surface area contributed by atoms with Crippen LogP contribution in [-0.4, -0.2) is 19.7 Å². The van der Waals surface area contributed by atoms with E-state index in [4.69, 9.17) is 4.89 Å². The van der Waals surface area contributed by atoms with Gasteiger partial charge < -0.3 is 4.89 Å². The topological polar surface area (TPSA) is 80.7 Å². The predicted octanol–water partition coefficient (Wildman–Crippen LogP) is 1.09. The summed E-state index contributed by atoms with van der Waals surface area (Å²) in [5.74, 6) is -2.15. The molecule has 5 nitrogen and oxygen atoms in total. The van der Waals surface area contributed by atoms with Gasteiger partial charge in [-0.1, -0.05) is 0 Å². The minimum absolute atomic E-state index is 0.430. The molecule has 1 aromatic carbocycles. The zero-order chi connectivity index (χ0) is 12.3. The Morgan fingerprint density at radius 2 is 2.00 bits per heavy atom. The highest BCUT2D eigenvalue weighted by Gasteiger charge is 2.21. The molecule has 0 aromatic heterocycles. The molecule has 0 bridgehead atoms. The first kappa shape index (κ1) is 13.2. The SMILES string of the molecule is O=[PH](O)COS(=O)(=O)c1cc(F)ccc1F. The second kappa shape index (κ2) is 5.01. The van der Waals surface area contributed by atoms with Crippen LogP contribution in [0.3, 0.4) is 0 Å². The third-order valence-corrected chi connectivity index (χ3v) is 3.38. The van der Waals surface area contributed by atoms with Crippen molar-refractivity contribution in [2.24, 2.45) is 0 Å². The molecule has 1 atom stereocenters. The third kappa shape index (κ3) is 3.34. The monoisotopic (exact) mass is 272 g/mol. The van der Waals surface area contributed by atoms with Gasteiger partial charge in [-0.05, 0) is 18.2 Å². The molecule has 16 heavy (non-hydrogen) atoms. The molecule has 0 aliphatic carbocycles. The summed E-state index contributed by atoms with van der Waals surface area (Å²) in [7, 11) is -7.72. The van der Waals surface area contributed by atoms with Gasteiger partial charge in [0.2, 0.25) is 8.03 Å². The molecule has 0 spiro atoms. The van der Waals surface area contributed by atoms with Crippen LogP contribution in [-0.2, 0) is 18.9 Å². The zero-order valence-electron chi connectivity index (χ0n) is 7.68. The van der Waals surface area contributed by atoms with Crippen LogP contribution in [0.25, 0.3) is 0 Å². The minimum atomic E-state index is -4.56. The molecule has 1 rings (SSSR count). The van der Waals surface area contributed by atoms with Gasteiger partial charge in [0, 0.05) is 0 Å². The maximum absolute atomic E-state index is 13.0. The zero-order valence-corrected chi connectivity index (χ0v) is 9.50. The lowest BCUT2D eigenvalue weighted by Gasteiger charge is -2.04. The quantitative estimate of drug-likeness (QED) is 0.655. The summed E-state index contributed by atoms with van der Waals surface area (Å²) in [6.45, 7) is 0. The highest BCUT2D eigenvalue weighted by Crippen LogP contribution is 2.21. The van der Waals surface area contributed by atoms with E-state index in [0.29, 0.717) is 12.1 Å². The van der Waals surface area contributed by atoms with E-state index in [0.717, 1.165) is 6.07 Å². The van der Waals surface area contributed by atoms with E-state index in [1.165, 1.54) is 0 Å². The van der Waals surface area contributed by atoms with Crippen molar-refractivity contribution in [2.75, 3.05) is 6.35 Å². The minimum Gasteiger partial charge on any atom is -0.345 e. The number of rotatable bonds is 4. The first-order chi connectivity index (χ1) is 7.33. The highest BCUT2D eigenvalue weighted by molar-refractivity contribution is 7.87. The lowest BCUT2D eigenvalue weighted by Crippen LogP contribution is -2.08. The summed E-state index contributed by atoms with van der Waals surface area (Å²) in [5.41, 5.74) is 0. The molecule has 90 valence electrons. The average molecular weight is 272 g/mol. The van der Waals surface area contributed by atoms with Crippen molar-refractivity contribution in [2.45, 2.75) is 4.90 Å². The van der Waals surface area contributed by atoms with Crippen LogP contribution >= 0.6 is 8.03 Å². The second-order valence-corrected chi connectivity index (χ2v) is 5.34. The van der Waals surface area contributed by atoms with E-state index >= 15 is 0 Å². The summed E-state index contributed by atoms with van der Waals surface area (Å²) >= 11 is 0. The van der Waals surface area contributed by atoms with E-state index in [2.05, 4.69) is 4.18 Å². The lowest BCUT2D eigenvalue weighted by atomic mass is 10.3. The fraction of sp³-hybridized carbons (Fsp3) is 0.143.